The molecule has 0 spiro atoms. The lowest BCUT2D eigenvalue weighted by Crippen LogP contribution is -2.21. The molecule has 1 heterocycles. The fourth-order valence-electron chi connectivity index (χ4n) is 4.50. The van der Waals surface area contributed by atoms with Crippen LogP contribution in [0.3, 0.4) is 0 Å². The van der Waals surface area contributed by atoms with E-state index in [2.05, 4.69) is 29.0 Å². The number of Topliss-reactive ketones (excluding diaryl/α,β-unsaturated/α-hetero) is 2. The second kappa shape index (κ2) is 7.78. The molecule has 1 aliphatic rings. The lowest BCUT2D eigenvalue weighted by atomic mass is 10.0. The Morgan fingerprint density at radius 1 is 0.765 bits per heavy atom. The van der Waals surface area contributed by atoms with Gasteiger partial charge in [0, 0.05) is 20.9 Å². The topological polar surface area (TPSA) is 79.9 Å². The third-order valence-corrected chi connectivity index (χ3v) is 7.51. The van der Waals surface area contributed by atoms with E-state index >= 15 is 0 Å². The minimum atomic E-state index is -1.14. The Labute approximate surface area is 198 Å². The van der Waals surface area contributed by atoms with Gasteiger partial charge in [-0.3, -0.25) is 14.4 Å². The first-order chi connectivity index (χ1) is 16.5. The van der Waals surface area contributed by atoms with E-state index in [4.69, 9.17) is 0 Å². The van der Waals surface area contributed by atoms with Crippen molar-refractivity contribution in [3.05, 3.63) is 112 Å². The molecule has 5 aromatic rings. The predicted octanol–water partition coefficient (Wildman–Crippen LogP) is 5.70. The summed E-state index contributed by atoms with van der Waals surface area (Å²) in [7, 11) is 0. The van der Waals surface area contributed by atoms with Crippen molar-refractivity contribution in [1.29, 1.82) is 0 Å². The van der Waals surface area contributed by atoms with Crippen molar-refractivity contribution in [3.8, 4) is 0 Å². The van der Waals surface area contributed by atoms with E-state index in [0.29, 0.717) is 22.0 Å². The minimum absolute atomic E-state index is 0.0912. The molecular weight excluding hydrogens is 444 g/mol. The van der Waals surface area contributed by atoms with E-state index in [1.165, 1.54) is 5.56 Å². The summed E-state index contributed by atoms with van der Waals surface area (Å²) in [4.78, 5) is 48.6. The van der Waals surface area contributed by atoms with Crippen molar-refractivity contribution < 1.29 is 9.59 Å². The molecular formula is C28H18N2O3S. The quantitative estimate of drug-likeness (QED) is 0.348. The second-order valence-electron chi connectivity index (χ2n) is 8.37. The highest BCUT2D eigenvalue weighted by molar-refractivity contribution is 7.99. The first kappa shape index (κ1) is 20.6. The molecule has 0 saturated carbocycles. The fraction of sp³-hybridized carbons (Fsp3) is 0.0714. The second-order valence-corrected chi connectivity index (χ2v) is 9.46. The lowest BCUT2D eigenvalue weighted by molar-refractivity contribution is 0.0885. The number of rotatable bonds is 3. The van der Waals surface area contributed by atoms with Crippen LogP contribution in [0.1, 0.15) is 38.0 Å². The number of nitrogens with one attached hydrogen (secondary N) is 1. The predicted molar refractivity (Wildman–Crippen MR) is 133 cm³/mol. The molecule has 0 radical (unpaired) electrons. The molecule has 164 valence electrons. The first-order valence-electron chi connectivity index (χ1n) is 10.9. The molecule has 0 aliphatic heterocycles. The Balaban J connectivity index is 1.47. The van der Waals surface area contributed by atoms with E-state index in [1.807, 2.05) is 36.4 Å². The third-order valence-electron chi connectivity index (χ3n) is 6.25. The highest BCUT2D eigenvalue weighted by Gasteiger charge is 2.41. The van der Waals surface area contributed by atoms with Crippen molar-refractivity contribution in [1.82, 2.24) is 9.97 Å². The highest BCUT2D eigenvalue weighted by Crippen LogP contribution is 2.40. The average molecular weight is 463 g/mol. The zero-order valence-corrected chi connectivity index (χ0v) is 19.0. The van der Waals surface area contributed by atoms with Crippen LogP contribution in [-0.2, 0) is 0 Å². The Bertz CT molecular complexity index is 1720. The average Bonchev–Trinajstić information content (AvgIpc) is 3.08. The van der Waals surface area contributed by atoms with Crippen LogP contribution in [0.4, 0.5) is 0 Å². The summed E-state index contributed by atoms with van der Waals surface area (Å²) in [6, 6.07) is 24.5. The van der Waals surface area contributed by atoms with Gasteiger partial charge in [0.25, 0.3) is 5.56 Å². The number of aromatic amines is 1. The molecule has 34 heavy (non-hydrogen) atoms. The summed E-state index contributed by atoms with van der Waals surface area (Å²) in [5, 5.41) is 2.22. The number of hydrogen-bond donors (Lipinski definition) is 1. The van der Waals surface area contributed by atoms with Crippen LogP contribution in [0.2, 0.25) is 0 Å². The molecule has 1 aromatic heterocycles. The molecule has 0 bridgehead atoms. The first-order valence-corrected chi connectivity index (χ1v) is 11.7. The molecule has 6 rings (SSSR count). The van der Waals surface area contributed by atoms with Crippen molar-refractivity contribution >= 4 is 45.0 Å². The van der Waals surface area contributed by atoms with E-state index in [9.17, 15) is 14.4 Å². The van der Waals surface area contributed by atoms with Gasteiger partial charge >= 0.3 is 0 Å². The van der Waals surface area contributed by atoms with Crippen LogP contribution in [0.25, 0.3) is 21.7 Å². The number of H-pyrrole nitrogens is 1. The lowest BCUT2D eigenvalue weighted by Gasteiger charge is -2.10. The van der Waals surface area contributed by atoms with Crippen LogP contribution in [0.15, 0.2) is 93.4 Å². The molecule has 4 aromatic carbocycles. The number of ketones is 2. The van der Waals surface area contributed by atoms with Gasteiger partial charge in [0.15, 0.2) is 11.6 Å². The number of hydrogen-bond acceptors (Lipinski definition) is 5. The maximum absolute atomic E-state index is 13.4. The summed E-state index contributed by atoms with van der Waals surface area (Å²) < 4.78 is 0. The Kier molecular flexibility index (Phi) is 4.71. The number of benzene rings is 4. The zero-order chi connectivity index (χ0) is 23.4. The Hall–Kier alpha value is -4.03. The van der Waals surface area contributed by atoms with Gasteiger partial charge in [-0.1, -0.05) is 54.2 Å². The van der Waals surface area contributed by atoms with Crippen LogP contribution in [0, 0.1) is 6.92 Å². The zero-order valence-electron chi connectivity index (χ0n) is 18.2. The van der Waals surface area contributed by atoms with Crippen molar-refractivity contribution in [2.24, 2.45) is 0 Å². The molecule has 0 saturated heterocycles. The maximum atomic E-state index is 13.4. The van der Waals surface area contributed by atoms with Gasteiger partial charge in [-0.05, 0) is 59.7 Å². The number of carbonyl (C=O) groups excluding carboxylic acids is 2. The van der Waals surface area contributed by atoms with Crippen molar-refractivity contribution in [3.63, 3.8) is 0 Å². The Morgan fingerprint density at radius 2 is 1.47 bits per heavy atom. The fourth-order valence-corrected chi connectivity index (χ4v) is 5.55. The SMILES string of the molecule is Cc1ccccc1Sc1cccc2cc3c(cc12)C(=O)C(c1nc2ccccc2c(=O)[nH]1)C3=O. The van der Waals surface area contributed by atoms with E-state index in [1.54, 1.807) is 42.1 Å². The summed E-state index contributed by atoms with van der Waals surface area (Å²) >= 11 is 1.64. The Morgan fingerprint density at radius 3 is 2.29 bits per heavy atom. The summed E-state index contributed by atoms with van der Waals surface area (Å²) in [6.07, 6.45) is 0. The molecule has 0 amide bonds. The standard InChI is InChI=1S/C28H18N2O3S/c1-15-7-2-5-11-22(15)34-23-12-6-8-16-13-19-20(14-18(16)23)26(32)24(25(19)31)27-29-21-10-4-3-9-17(21)28(33)30-27/h2-14,24H,1H3,(H,29,30,33). The van der Waals surface area contributed by atoms with E-state index in [0.717, 1.165) is 20.6 Å². The van der Waals surface area contributed by atoms with Crippen LogP contribution in [0.5, 0.6) is 0 Å². The van der Waals surface area contributed by atoms with Crippen molar-refractivity contribution in [2.75, 3.05) is 0 Å². The molecule has 1 aliphatic carbocycles. The number of aromatic nitrogens is 2. The molecule has 5 nitrogen and oxygen atoms in total. The monoisotopic (exact) mass is 462 g/mol. The summed E-state index contributed by atoms with van der Waals surface area (Å²) in [5.74, 6) is -1.72. The van der Waals surface area contributed by atoms with Gasteiger partial charge in [0.1, 0.15) is 11.7 Å². The molecule has 1 N–H and O–H groups in total. The van der Waals surface area contributed by atoms with Gasteiger partial charge in [0.2, 0.25) is 0 Å². The highest BCUT2D eigenvalue weighted by atomic mass is 32.2. The largest absolute Gasteiger partial charge is 0.309 e. The number of nitrogens with zero attached hydrogens (tertiary/aromatic N) is 1. The van der Waals surface area contributed by atoms with Gasteiger partial charge in [-0.25, -0.2) is 4.98 Å². The molecule has 1 unspecified atom stereocenters. The smallest absolute Gasteiger partial charge is 0.258 e. The number of carbonyl (C=O) groups is 2. The van der Waals surface area contributed by atoms with Crippen LogP contribution < -0.4 is 5.56 Å². The molecule has 6 heteroatoms. The van der Waals surface area contributed by atoms with Crippen LogP contribution in [-0.4, -0.2) is 21.5 Å². The van der Waals surface area contributed by atoms with Crippen molar-refractivity contribution in [2.45, 2.75) is 22.6 Å². The number of fused-ring (bicyclic) bond motifs is 3. The summed E-state index contributed by atoms with van der Waals surface area (Å²) in [6.45, 7) is 2.06. The normalized spacial score (nSPS) is 15.3. The maximum Gasteiger partial charge on any atom is 0.258 e. The number of aryl methyl sites for hydroxylation is 1. The number of para-hydroxylation sites is 1. The van der Waals surface area contributed by atoms with Gasteiger partial charge in [-0.2, -0.15) is 0 Å². The van der Waals surface area contributed by atoms with Gasteiger partial charge in [0.05, 0.1) is 10.9 Å². The molecule has 0 fully saturated rings. The van der Waals surface area contributed by atoms with E-state index in [-0.39, 0.29) is 23.0 Å². The van der Waals surface area contributed by atoms with Gasteiger partial charge in [-0.15, -0.1) is 0 Å². The molecule has 1 atom stereocenters. The van der Waals surface area contributed by atoms with Crippen LogP contribution >= 0.6 is 11.8 Å². The minimum Gasteiger partial charge on any atom is -0.309 e. The van der Waals surface area contributed by atoms with Gasteiger partial charge < -0.3 is 4.98 Å². The third kappa shape index (κ3) is 3.18. The van der Waals surface area contributed by atoms with E-state index < -0.39 is 5.92 Å². The summed E-state index contributed by atoms with van der Waals surface area (Å²) in [5.41, 5.74) is 2.01.